The molecule has 0 unspecified atom stereocenters. The number of fused-ring (bicyclic) bond motifs is 1. The normalized spacial score (nSPS) is 16.8. The zero-order valence-corrected chi connectivity index (χ0v) is 11.1. The highest BCUT2D eigenvalue weighted by molar-refractivity contribution is 5.85. The number of hydrogen-bond donors (Lipinski definition) is 1. The monoisotopic (exact) mass is 269 g/mol. The molecular weight excluding hydrogens is 253 g/mol. The van der Waals surface area contributed by atoms with Crippen molar-refractivity contribution in [3.8, 4) is 0 Å². The number of rotatable bonds is 1. The summed E-state index contributed by atoms with van der Waals surface area (Å²) in [5.74, 6) is 0.280. The second-order valence-electron chi connectivity index (χ2n) is 4.74. The summed E-state index contributed by atoms with van der Waals surface area (Å²) in [5.41, 5.74) is 2.12. The van der Waals surface area contributed by atoms with Gasteiger partial charge in [-0.05, 0) is 43.5 Å². The molecule has 1 aliphatic rings. The van der Waals surface area contributed by atoms with E-state index in [1.807, 2.05) is 11.6 Å². The topological polar surface area (TPSA) is 29.9 Å². The van der Waals surface area contributed by atoms with Crippen LogP contribution in [-0.4, -0.2) is 22.6 Å². The predicted octanol–water partition coefficient (Wildman–Crippen LogP) is 2.60. The number of nitrogens with one attached hydrogen (secondary N) is 1. The largest absolute Gasteiger partial charge is 0.335 e. The summed E-state index contributed by atoms with van der Waals surface area (Å²) in [6, 6.07) is 1.61. The van der Waals surface area contributed by atoms with Crippen LogP contribution in [0.4, 0.5) is 4.39 Å². The fourth-order valence-electron chi connectivity index (χ4n) is 2.72. The number of aromatic nitrogens is 2. The van der Waals surface area contributed by atoms with E-state index in [-0.39, 0.29) is 18.2 Å². The highest BCUT2D eigenvalue weighted by Gasteiger charge is 2.20. The number of piperidine rings is 1. The average Bonchev–Trinajstić information content (AvgIpc) is 2.67. The van der Waals surface area contributed by atoms with Crippen molar-refractivity contribution in [2.45, 2.75) is 18.8 Å². The van der Waals surface area contributed by atoms with Gasteiger partial charge in [0.1, 0.15) is 11.5 Å². The van der Waals surface area contributed by atoms with E-state index >= 15 is 0 Å². The molecule has 18 heavy (non-hydrogen) atoms. The number of hydrogen-bond acceptors (Lipinski definition) is 2. The SMILES string of the molecule is Cl.Cn1cc(C2CCNCC2)c2cc(F)cnc21. The minimum absolute atomic E-state index is 0. The van der Waals surface area contributed by atoms with Crippen LogP contribution >= 0.6 is 12.4 Å². The van der Waals surface area contributed by atoms with Crippen molar-refractivity contribution in [3.05, 3.63) is 29.8 Å². The van der Waals surface area contributed by atoms with Crippen molar-refractivity contribution in [1.82, 2.24) is 14.9 Å². The molecule has 1 saturated heterocycles. The molecule has 3 nitrogen and oxygen atoms in total. The van der Waals surface area contributed by atoms with Gasteiger partial charge in [-0.3, -0.25) is 0 Å². The molecule has 98 valence electrons. The van der Waals surface area contributed by atoms with Crippen LogP contribution in [-0.2, 0) is 7.05 Å². The first-order valence-corrected chi connectivity index (χ1v) is 6.07. The van der Waals surface area contributed by atoms with E-state index in [2.05, 4.69) is 16.5 Å². The Kier molecular flexibility index (Phi) is 3.88. The molecule has 0 spiro atoms. The van der Waals surface area contributed by atoms with Gasteiger partial charge in [0.05, 0.1) is 6.20 Å². The van der Waals surface area contributed by atoms with Crippen molar-refractivity contribution >= 4 is 23.4 Å². The van der Waals surface area contributed by atoms with Gasteiger partial charge in [0.2, 0.25) is 0 Å². The van der Waals surface area contributed by atoms with E-state index in [0.717, 1.165) is 37.0 Å². The highest BCUT2D eigenvalue weighted by Crippen LogP contribution is 2.31. The summed E-state index contributed by atoms with van der Waals surface area (Å²) >= 11 is 0. The number of pyridine rings is 1. The Balaban J connectivity index is 0.00000120. The van der Waals surface area contributed by atoms with E-state index in [1.165, 1.54) is 11.8 Å². The third-order valence-corrected chi connectivity index (χ3v) is 3.59. The molecule has 2 aromatic rings. The van der Waals surface area contributed by atoms with Crippen molar-refractivity contribution in [3.63, 3.8) is 0 Å². The van der Waals surface area contributed by atoms with Crippen LogP contribution in [0.25, 0.3) is 11.0 Å². The standard InChI is InChI=1S/C13H16FN3.ClH/c1-17-8-12(9-2-4-15-5-3-9)11-6-10(14)7-16-13(11)17;/h6-9,15H,2-5H2,1H3;1H. The molecule has 2 aromatic heterocycles. The molecule has 0 aromatic carbocycles. The average molecular weight is 270 g/mol. The van der Waals surface area contributed by atoms with Crippen LogP contribution in [0.5, 0.6) is 0 Å². The van der Waals surface area contributed by atoms with Crippen LogP contribution < -0.4 is 5.32 Å². The third kappa shape index (κ3) is 2.22. The molecule has 5 heteroatoms. The molecule has 0 aliphatic carbocycles. The van der Waals surface area contributed by atoms with Gasteiger partial charge >= 0.3 is 0 Å². The van der Waals surface area contributed by atoms with Gasteiger partial charge < -0.3 is 9.88 Å². The molecule has 3 heterocycles. The number of nitrogens with zero attached hydrogens (tertiary/aromatic N) is 2. The Labute approximate surface area is 112 Å². The predicted molar refractivity (Wildman–Crippen MR) is 72.8 cm³/mol. The maximum Gasteiger partial charge on any atom is 0.142 e. The lowest BCUT2D eigenvalue weighted by atomic mass is 9.90. The van der Waals surface area contributed by atoms with Crippen LogP contribution in [0.3, 0.4) is 0 Å². The molecule has 0 bridgehead atoms. The number of halogens is 2. The molecule has 1 N–H and O–H groups in total. The van der Waals surface area contributed by atoms with Gasteiger partial charge in [-0.1, -0.05) is 0 Å². The Bertz CT molecular complexity index is 546. The smallest absolute Gasteiger partial charge is 0.142 e. The van der Waals surface area contributed by atoms with Gasteiger partial charge in [0, 0.05) is 18.6 Å². The second kappa shape index (κ2) is 5.24. The van der Waals surface area contributed by atoms with Gasteiger partial charge in [0.15, 0.2) is 0 Å². The first-order chi connectivity index (χ1) is 8.25. The summed E-state index contributed by atoms with van der Waals surface area (Å²) in [6.45, 7) is 2.09. The van der Waals surface area contributed by atoms with Crippen molar-refractivity contribution in [2.24, 2.45) is 7.05 Å². The zero-order valence-electron chi connectivity index (χ0n) is 10.3. The first kappa shape index (κ1) is 13.3. The third-order valence-electron chi connectivity index (χ3n) is 3.59. The Morgan fingerprint density at radius 1 is 1.39 bits per heavy atom. The summed E-state index contributed by atoms with van der Waals surface area (Å²) < 4.78 is 15.3. The van der Waals surface area contributed by atoms with Crippen molar-refractivity contribution in [2.75, 3.05) is 13.1 Å². The first-order valence-electron chi connectivity index (χ1n) is 6.07. The summed E-state index contributed by atoms with van der Waals surface area (Å²) in [7, 11) is 1.97. The van der Waals surface area contributed by atoms with Gasteiger partial charge in [-0.2, -0.15) is 0 Å². The summed E-state index contributed by atoms with van der Waals surface area (Å²) in [6.07, 6.45) is 5.63. The van der Waals surface area contributed by atoms with Crippen molar-refractivity contribution < 1.29 is 4.39 Å². The van der Waals surface area contributed by atoms with E-state index in [9.17, 15) is 4.39 Å². The number of aryl methyl sites for hydroxylation is 1. The Morgan fingerprint density at radius 2 is 2.11 bits per heavy atom. The van der Waals surface area contributed by atoms with Crippen molar-refractivity contribution in [1.29, 1.82) is 0 Å². The van der Waals surface area contributed by atoms with Crippen LogP contribution in [0.1, 0.15) is 24.3 Å². The lowest BCUT2D eigenvalue weighted by molar-refractivity contribution is 0.462. The van der Waals surface area contributed by atoms with E-state index in [0.29, 0.717) is 5.92 Å². The summed E-state index contributed by atoms with van der Waals surface area (Å²) in [4.78, 5) is 4.17. The minimum Gasteiger partial charge on any atom is -0.335 e. The molecule has 0 amide bonds. The van der Waals surface area contributed by atoms with E-state index in [4.69, 9.17) is 0 Å². The zero-order chi connectivity index (χ0) is 11.8. The molecule has 1 fully saturated rings. The maximum atomic E-state index is 13.3. The summed E-state index contributed by atoms with van der Waals surface area (Å²) in [5, 5.41) is 4.33. The van der Waals surface area contributed by atoms with Gasteiger partial charge in [0.25, 0.3) is 0 Å². The van der Waals surface area contributed by atoms with E-state index in [1.54, 1.807) is 6.07 Å². The Hall–Kier alpha value is -1.13. The lowest BCUT2D eigenvalue weighted by Crippen LogP contribution is -2.26. The second-order valence-corrected chi connectivity index (χ2v) is 4.74. The highest BCUT2D eigenvalue weighted by atomic mass is 35.5. The fourth-order valence-corrected chi connectivity index (χ4v) is 2.72. The molecule has 0 radical (unpaired) electrons. The van der Waals surface area contributed by atoms with E-state index < -0.39 is 0 Å². The maximum absolute atomic E-state index is 13.3. The Morgan fingerprint density at radius 3 is 2.83 bits per heavy atom. The minimum atomic E-state index is -0.251. The van der Waals surface area contributed by atoms with Gasteiger partial charge in [-0.25, -0.2) is 9.37 Å². The van der Waals surface area contributed by atoms with Crippen LogP contribution in [0.15, 0.2) is 18.5 Å². The quantitative estimate of drug-likeness (QED) is 0.862. The molecule has 3 rings (SSSR count). The molecule has 1 aliphatic heterocycles. The molecular formula is C13H17ClFN3. The molecule has 0 atom stereocenters. The van der Waals surface area contributed by atoms with Crippen LogP contribution in [0.2, 0.25) is 0 Å². The van der Waals surface area contributed by atoms with Gasteiger partial charge in [-0.15, -0.1) is 12.4 Å². The lowest BCUT2D eigenvalue weighted by Gasteiger charge is -2.22. The molecule has 0 saturated carbocycles. The fraction of sp³-hybridized carbons (Fsp3) is 0.462. The van der Waals surface area contributed by atoms with Crippen LogP contribution in [0, 0.1) is 5.82 Å².